The lowest BCUT2D eigenvalue weighted by Crippen LogP contribution is -2.42. The Labute approximate surface area is 169 Å². The van der Waals surface area contributed by atoms with Gasteiger partial charge >= 0.3 is 0 Å². The fraction of sp³-hybridized carbons (Fsp3) is 0.882. The van der Waals surface area contributed by atoms with Crippen LogP contribution in [0.4, 0.5) is 0 Å². The van der Waals surface area contributed by atoms with Gasteiger partial charge in [-0.15, -0.1) is 24.0 Å². The van der Waals surface area contributed by atoms with Gasteiger partial charge in [0, 0.05) is 47.0 Å². The highest BCUT2D eigenvalue weighted by Crippen LogP contribution is 2.10. The number of ether oxygens (including phenoxy) is 2. The highest BCUT2D eigenvalue weighted by atomic mass is 127. The summed E-state index contributed by atoms with van der Waals surface area (Å²) in [4.78, 5) is 17.6. The second kappa shape index (κ2) is 14.5. The lowest BCUT2D eigenvalue weighted by molar-refractivity contribution is -0.127. The normalized spacial score (nSPS) is 17.3. The van der Waals surface area contributed by atoms with E-state index in [0.717, 1.165) is 45.6 Å². The quantitative estimate of drug-likeness (QED) is 0.219. The Bertz CT molecular complexity index is 386. The maximum absolute atomic E-state index is 11.7. The van der Waals surface area contributed by atoms with Gasteiger partial charge in [0.25, 0.3) is 0 Å². The fourth-order valence-corrected chi connectivity index (χ4v) is 2.18. The lowest BCUT2D eigenvalue weighted by atomic mass is 10.2. The van der Waals surface area contributed by atoms with Crippen molar-refractivity contribution in [3.05, 3.63) is 0 Å². The molecule has 0 aromatic carbocycles. The number of nitrogens with zero attached hydrogens (tertiary/aromatic N) is 2. The molecule has 1 unspecified atom stereocenters. The first-order valence-corrected chi connectivity index (χ1v) is 8.90. The molecule has 0 aromatic heterocycles. The molecule has 1 heterocycles. The summed E-state index contributed by atoms with van der Waals surface area (Å²) in [6.07, 6.45) is 3.31. The summed E-state index contributed by atoms with van der Waals surface area (Å²) < 4.78 is 11.2. The molecule has 8 heteroatoms. The van der Waals surface area contributed by atoms with Crippen molar-refractivity contribution >= 4 is 35.8 Å². The minimum absolute atomic E-state index is 0. The number of amides is 1. The van der Waals surface area contributed by atoms with Crippen molar-refractivity contribution in [2.24, 2.45) is 10.9 Å². The van der Waals surface area contributed by atoms with Gasteiger partial charge in [-0.3, -0.25) is 4.79 Å². The van der Waals surface area contributed by atoms with Crippen LogP contribution in [0.3, 0.4) is 0 Å². The van der Waals surface area contributed by atoms with Crippen LogP contribution in [-0.2, 0) is 14.3 Å². The van der Waals surface area contributed by atoms with Gasteiger partial charge in [-0.25, -0.2) is 4.99 Å². The first kappa shape index (κ1) is 24.4. The number of guanidine groups is 1. The third kappa shape index (κ3) is 12.4. The highest BCUT2D eigenvalue weighted by Gasteiger charge is 2.15. The molecule has 1 saturated heterocycles. The number of nitrogens with one attached hydrogen (secondary N) is 2. The molecular weight excluding hydrogens is 435 g/mol. The van der Waals surface area contributed by atoms with Crippen LogP contribution in [-0.4, -0.2) is 76.4 Å². The number of rotatable bonds is 10. The molecule has 0 aliphatic carbocycles. The number of carbonyl (C=O) groups is 1. The molecule has 0 spiro atoms. The van der Waals surface area contributed by atoms with Crippen molar-refractivity contribution in [2.45, 2.75) is 39.2 Å². The number of likely N-dealkylation sites (N-methyl/N-ethyl adjacent to an activating group) is 1. The average Bonchev–Trinajstić information content (AvgIpc) is 3.05. The number of halogens is 1. The predicted octanol–water partition coefficient (Wildman–Crippen LogP) is 1.47. The summed E-state index contributed by atoms with van der Waals surface area (Å²) in [5.41, 5.74) is 0. The van der Waals surface area contributed by atoms with Crippen LogP contribution in [0.5, 0.6) is 0 Å². The standard InChI is InChI=1S/C17H34N4O3.HI/c1-14(2)13-23-9-6-8-18-17(20-12-16(22)21(3)4)19-11-15-7-5-10-24-15;/h14-15H,5-13H2,1-4H3,(H2,18,19,20);1H. The maximum atomic E-state index is 11.7. The Kier molecular flexibility index (Phi) is 14.2. The van der Waals surface area contributed by atoms with E-state index in [1.807, 2.05) is 0 Å². The molecule has 0 radical (unpaired) electrons. The second-order valence-corrected chi connectivity index (χ2v) is 6.72. The van der Waals surface area contributed by atoms with Crippen molar-refractivity contribution in [1.29, 1.82) is 0 Å². The molecule has 1 aliphatic heterocycles. The summed E-state index contributed by atoms with van der Waals surface area (Å²) in [6, 6.07) is 0. The number of carbonyl (C=O) groups excluding carboxylic acids is 1. The average molecular weight is 470 g/mol. The molecule has 0 aromatic rings. The van der Waals surface area contributed by atoms with Crippen LogP contribution in [0, 0.1) is 5.92 Å². The smallest absolute Gasteiger partial charge is 0.243 e. The molecule has 2 N–H and O–H groups in total. The van der Waals surface area contributed by atoms with Gasteiger partial charge in [-0.1, -0.05) is 13.8 Å². The molecule has 0 saturated carbocycles. The molecule has 1 aliphatic rings. The summed E-state index contributed by atoms with van der Waals surface area (Å²) in [7, 11) is 3.47. The van der Waals surface area contributed by atoms with Gasteiger partial charge in [0.05, 0.1) is 6.10 Å². The van der Waals surface area contributed by atoms with Crippen LogP contribution in [0.15, 0.2) is 4.99 Å². The van der Waals surface area contributed by atoms with E-state index in [2.05, 4.69) is 29.5 Å². The molecular formula is C17H35IN4O3. The first-order chi connectivity index (χ1) is 11.5. The Hall–Kier alpha value is -0.610. The predicted molar refractivity (Wildman–Crippen MR) is 112 cm³/mol. The van der Waals surface area contributed by atoms with E-state index >= 15 is 0 Å². The monoisotopic (exact) mass is 470 g/mol. The molecule has 1 fully saturated rings. The third-order valence-electron chi connectivity index (χ3n) is 3.60. The Morgan fingerprint density at radius 2 is 2.12 bits per heavy atom. The zero-order chi connectivity index (χ0) is 17.8. The first-order valence-electron chi connectivity index (χ1n) is 8.90. The van der Waals surface area contributed by atoms with E-state index < -0.39 is 0 Å². The minimum Gasteiger partial charge on any atom is -0.381 e. The largest absolute Gasteiger partial charge is 0.381 e. The van der Waals surface area contributed by atoms with Crippen molar-refractivity contribution < 1.29 is 14.3 Å². The number of hydrogen-bond acceptors (Lipinski definition) is 4. The Morgan fingerprint density at radius 1 is 1.36 bits per heavy atom. The van der Waals surface area contributed by atoms with Crippen LogP contribution in [0.25, 0.3) is 0 Å². The Morgan fingerprint density at radius 3 is 2.72 bits per heavy atom. The lowest BCUT2D eigenvalue weighted by Gasteiger charge is -2.16. The zero-order valence-corrected chi connectivity index (χ0v) is 18.4. The maximum Gasteiger partial charge on any atom is 0.243 e. The van der Waals surface area contributed by atoms with E-state index in [0.29, 0.717) is 18.4 Å². The van der Waals surface area contributed by atoms with E-state index in [1.165, 1.54) is 0 Å². The van der Waals surface area contributed by atoms with Gasteiger partial charge in [-0.05, 0) is 25.2 Å². The van der Waals surface area contributed by atoms with Crippen LogP contribution in [0.2, 0.25) is 0 Å². The third-order valence-corrected chi connectivity index (χ3v) is 3.60. The van der Waals surface area contributed by atoms with E-state index in [9.17, 15) is 4.79 Å². The van der Waals surface area contributed by atoms with Crippen LogP contribution in [0.1, 0.15) is 33.1 Å². The fourth-order valence-electron chi connectivity index (χ4n) is 2.18. The van der Waals surface area contributed by atoms with E-state index in [-0.39, 0.29) is 42.5 Å². The van der Waals surface area contributed by atoms with Crippen molar-refractivity contribution in [2.75, 3.05) is 53.6 Å². The summed E-state index contributed by atoms with van der Waals surface area (Å²) in [5.74, 6) is 1.19. The van der Waals surface area contributed by atoms with Gasteiger partial charge in [-0.2, -0.15) is 0 Å². The van der Waals surface area contributed by atoms with E-state index in [4.69, 9.17) is 9.47 Å². The number of aliphatic imine (C=N–C) groups is 1. The van der Waals surface area contributed by atoms with Gasteiger partial charge in [0.1, 0.15) is 6.54 Å². The molecule has 1 atom stereocenters. The Balaban J connectivity index is 0.00000576. The van der Waals surface area contributed by atoms with E-state index in [1.54, 1.807) is 19.0 Å². The molecule has 7 nitrogen and oxygen atoms in total. The van der Waals surface area contributed by atoms with Crippen molar-refractivity contribution in [1.82, 2.24) is 15.5 Å². The van der Waals surface area contributed by atoms with Crippen molar-refractivity contribution in [3.63, 3.8) is 0 Å². The SMILES string of the molecule is CC(C)COCCCNC(=NCC(=O)N(C)C)NCC1CCCO1.I. The molecule has 1 rings (SSSR count). The van der Waals surface area contributed by atoms with Crippen molar-refractivity contribution in [3.8, 4) is 0 Å². The summed E-state index contributed by atoms with van der Waals surface area (Å²) >= 11 is 0. The summed E-state index contributed by atoms with van der Waals surface area (Å²) in [5, 5.41) is 6.53. The zero-order valence-electron chi connectivity index (χ0n) is 16.0. The number of hydrogen-bond donors (Lipinski definition) is 2. The highest BCUT2D eigenvalue weighted by molar-refractivity contribution is 14.0. The molecule has 1 amide bonds. The molecule has 0 bridgehead atoms. The topological polar surface area (TPSA) is 75.2 Å². The molecule has 25 heavy (non-hydrogen) atoms. The van der Waals surface area contributed by atoms with Gasteiger partial charge in [0.15, 0.2) is 5.96 Å². The summed E-state index contributed by atoms with van der Waals surface area (Å²) in [6.45, 7) is 8.23. The van der Waals surface area contributed by atoms with Crippen LogP contribution < -0.4 is 10.6 Å². The minimum atomic E-state index is -0.0199. The second-order valence-electron chi connectivity index (χ2n) is 6.72. The molecule has 148 valence electrons. The van der Waals surface area contributed by atoms with Gasteiger partial charge < -0.3 is 25.0 Å². The van der Waals surface area contributed by atoms with Crippen LogP contribution >= 0.6 is 24.0 Å². The van der Waals surface area contributed by atoms with Gasteiger partial charge in [0.2, 0.25) is 5.91 Å².